The van der Waals surface area contributed by atoms with Crippen molar-refractivity contribution in [2.24, 2.45) is 5.73 Å². The second-order valence-corrected chi connectivity index (χ2v) is 4.79. The molecular weight excluding hydrogens is 232 g/mol. The maximum absolute atomic E-state index is 13.9. The van der Waals surface area contributed by atoms with Gasteiger partial charge in [0.1, 0.15) is 16.7 Å². The van der Waals surface area contributed by atoms with E-state index in [1.807, 2.05) is 0 Å². The third-order valence-electron chi connectivity index (χ3n) is 3.56. The van der Waals surface area contributed by atoms with Crippen molar-refractivity contribution in [1.82, 2.24) is 0 Å². The molecule has 88 valence electrons. The Balaban J connectivity index is 2.51. The quantitative estimate of drug-likeness (QED) is 0.795. The van der Waals surface area contributed by atoms with Gasteiger partial charge in [-0.05, 0) is 24.5 Å². The van der Waals surface area contributed by atoms with Crippen LogP contribution in [0.25, 0.3) is 0 Å². The highest BCUT2D eigenvalue weighted by molar-refractivity contribution is 6.31. The van der Waals surface area contributed by atoms with Crippen molar-refractivity contribution in [2.75, 3.05) is 6.54 Å². The van der Waals surface area contributed by atoms with Gasteiger partial charge in [0.15, 0.2) is 0 Å². The normalized spacial score (nSPS) is 19.0. The topological polar surface area (TPSA) is 26.0 Å². The lowest BCUT2D eigenvalue weighted by Crippen LogP contribution is -2.33. The van der Waals surface area contributed by atoms with Gasteiger partial charge in [0.25, 0.3) is 0 Å². The molecule has 0 unspecified atom stereocenters. The van der Waals surface area contributed by atoms with Gasteiger partial charge >= 0.3 is 0 Å². The van der Waals surface area contributed by atoms with E-state index >= 15 is 0 Å². The molecule has 0 spiro atoms. The van der Waals surface area contributed by atoms with Crippen molar-refractivity contribution < 1.29 is 8.78 Å². The zero-order valence-electron chi connectivity index (χ0n) is 8.90. The number of benzene rings is 1. The predicted octanol–water partition coefficient (Wildman–Crippen LogP) is 3.39. The van der Waals surface area contributed by atoms with Crippen LogP contribution < -0.4 is 5.73 Å². The molecule has 0 radical (unpaired) electrons. The van der Waals surface area contributed by atoms with Crippen molar-refractivity contribution in [3.8, 4) is 0 Å². The fourth-order valence-electron chi connectivity index (χ4n) is 2.57. The molecule has 0 heterocycles. The molecule has 1 aliphatic carbocycles. The maximum atomic E-state index is 13.9. The molecule has 0 atom stereocenters. The molecule has 4 heteroatoms. The molecule has 0 bridgehead atoms. The standard InChI is InChI=1S/C12H14ClF2N/c13-10-9(14)4-3-8(11(10)15)12(7-16)5-1-2-6-12/h3-4H,1-2,5-7,16H2. The van der Waals surface area contributed by atoms with E-state index in [-0.39, 0.29) is 5.41 Å². The smallest absolute Gasteiger partial charge is 0.148 e. The molecule has 1 saturated carbocycles. The summed E-state index contributed by atoms with van der Waals surface area (Å²) in [5.74, 6) is -1.36. The van der Waals surface area contributed by atoms with E-state index in [2.05, 4.69) is 0 Å². The molecule has 16 heavy (non-hydrogen) atoms. The van der Waals surface area contributed by atoms with E-state index in [1.54, 1.807) is 0 Å². The van der Waals surface area contributed by atoms with Crippen molar-refractivity contribution in [3.05, 3.63) is 34.4 Å². The summed E-state index contributed by atoms with van der Waals surface area (Å²) in [6.45, 7) is 0.381. The van der Waals surface area contributed by atoms with Gasteiger partial charge in [0, 0.05) is 12.0 Å². The van der Waals surface area contributed by atoms with E-state index in [0.717, 1.165) is 25.7 Å². The Morgan fingerprint density at radius 1 is 1.25 bits per heavy atom. The Bertz CT molecular complexity index is 400. The third kappa shape index (κ3) is 1.72. The van der Waals surface area contributed by atoms with Crippen LogP contribution in [0.2, 0.25) is 5.02 Å². The van der Waals surface area contributed by atoms with Crippen LogP contribution in [-0.4, -0.2) is 6.54 Å². The summed E-state index contributed by atoms with van der Waals surface area (Å²) in [6, 6.07) is 2.70. The Kier molecular flexibility index (Phi) is 3.17. The van der Waals surface area contributed by atoms with E-state index in [4.69, 9.17) is 17.3 Å². The first kappa shape index (κ1) is 11.8. The van der Waals surface area contributed by atoms with Gasteiger partial charge in [0.2, 0.25) is 0 Å². The summed E-state index contributed by atoms with van der Waals surface area (Å²) in [7, 11) is 0. The summed E-state index contributed by atoms with van der Waals surface area (Å²) in [5.41, 5.74) is 5.88. The first-order valence-corrected chi connectivity index (χ1v) is 5.82. The number of hydrogen-bond donors (Lipinski definition) is 1. The van der Waals surface area contributed by atoms with Crippen LogP contribution in [0.4, 0.5) is 8.78 Å². The SMILES string of the molecule is NCC1(c2ccc(F)c(Cl)c2F)CCCC1. The monoisotopic (exact) mass is 245 g/mol. The summed E-state index contributed by atoms with van der Waals surface area (Å²) < 4.78 is 27.0. The van der Waals surface area contributed by atoms with Crippen LogP contribution in [0.5, 0.6) is 0 Å². The zero-order chi connectivity index (χ0) is 11.8. The Morgan fingerprint density at radius 2 is 1.88 bits per heavy atom. The van der Waals surface area contributed by atoms with Crippen LogP contribution >= 0.6 is 11.6 Å². The highest BCUT2D eigenvalue weighted by Gasteiger charge is 2.37. The van der Waals surface area contributed by atoms with Crippen molar-refractivity contribution in [2.45, 2.75) is 31.1 Å². The zero-order valence-corrected chi connectivity index (χ0v) is 9.66. The highest BCUT2D eigenvalue weighted by atomic mass is 35.5. The van der Waals surface area contributed by atoms with Crippen molar-refractivity contribution in [3.63, 3.8) is 0 Å². The van der Waals surface area contributed by atoms with Crippen LogP contribution in [0.1, 0.15) is 31.2 Å². The van der Waals surface area contributed by atoms with Gasteiger partial charge in [0.05, 0.1) is 0 Å². The molecular formula is C12H14ClF2N. The minimum atomic E-state index is -0.715. The van der Waals surface area contributed by atoms with Crippen LogP contribution in [0.15, 0.2) is 12.1 Å². The second kappa shape index (κ2) is 4.30. The summed E-state index contributed by atoms with van der Waals surface area (Å²) in [4.78, 5) is 0. The van der Waals surface area contributed by atoms with Crippen LogP contribution in [0, 0.1) is 11.6 Å². The lowest BCUT2D eigenvalue weighted by molar-refractivity contribution is 0.424. The summed E-state index contributed by atoms with van der Waals surface area (Å²) in [6.07, 6.45) is 3.77. The third-order valence-corrected chi connectivity index (χ3v) is 3.90. The summed E-state index contributed by atoms with van der Waals surface area (Å²) >= 11 is 5.59. The van der Waals surface area contributed by atoms with E-state index in [1.165, 1.54) is 12.1 Å². The van der Waals surface area contributed by atoms with Gasteiger partial charge in [-0.3, -0.25) is 0 Å². The first-order chi connectivity index (χ1) is 7.60. The Morgan fingerprint density at radius 3 is 2.44 bits per heavy atom. The average molecular weight is 246 g/mol. The molecule has 0 aromatic heterocycles. The van der Waals surface area contributed by atoms with Gasteiger partial charge < -0.3 is 5.73 Å². The largest absolute Gasteiger partial charge is 0.330 e. The fourth-order valence-corrected chi connectivity index (χ4v) is 2.74. The van der Waals surface area contributed by atoms with Crippen molar-refractivity contribution in [1.29, 1.82) is 0 Å². The van der Waals surface area contributed by atoms with Gasteiger partial charge in [-0.1, -0.05) is 30.5 Å². The molecule has 1 aromatic carbocycles. The number of rotatable bonds is 2. The predicted molar refractivity (Wildman–Crippen MR) is 60.6 cm³/mol. The van der Waals surface area contributed by atoms with E-state index < -0.39 is 16.7 Å². The fraction of sp³-hybridized carbons (Fsp3) is 0.500. The second-order valence-electron chi connectivity index (χ2n) is 4.41. The maximum Gasteiger partial charge on any atom is 0.148 e. The van der Waals surface area contributed by atoms with Crippen molar-refractivity contribution >= 4 is 11.6 Å². The molecule has 1 fully saturated rings. The first-order valence-electron chi connectivity index (χ1n) is 5.45. The van der Waals surface area contributed by atoms with Gasteiger partial charge in [-0.25, -0.2) is 8.78 Å². The molecule has 1 nitrogen and oxygen atoms in total. The molecule has 1 aliphatic rings. The molecule has 0 amide bonds. The Labute approximate surface area is 98.6 Å². The Hall–Kier alpha value is -0.670. The van der Waals surface area contributed by atoms with E-state index in [0.29, 0.717) is 12.1 Å². The lowest BCUT2D eigenvalue weighted by atomic mass is 9.78. The highest BCUT2D eigenvalue weighted by Crippen LogP contribution is 2.42. The summed E-state index contributed by atoms with van der Waals surface area (Å²) in [5, 5.41) is -0.419. The van der Waals surface area contributed by atoms with Gasteiger partial charge in [-0.2, -0.15) is 0 Å². The molecule has 2 rings (SSSR count). The average Bonchev–Trinajstić information content (AvgIpc) is 2.76. The minimum Gasteiger partial charge on any atom is -0.330 e. The molecule has 0 aliphatic heterocycles. The number of hydrogen-bond acceptors (Lipinski definition) is 1. The van der Waals surface area contributed by atoms with E-state index in [9.17, 15) is 8.78 Å². The van der Waals surface area contributed by atoms with Crippen LogP contribution in [0.3, 0.4) is 0 Å². The lowest BCUT2D eigenvalue weighted by Gasteiger charge is -2.28. The molecule has 2 N–H and O–H groups in total. The van der Waals surface area contributed by atoms with Gasteiger partial charge in [-0.15, -0.1) is 0 Å². The number of halogens is 3. The molecule has 1 aromatic rings. The minimum absolute atomic E-state index is 0.346. The number of nitrogens with two attached hydrogens (primary N) is 1. The molecule has 0 saturated heterocycles. The van der Waals surface area contributed by atoms with Crippen LogP contribution in [-0.2, 0) is 5.41 Å².